The second kappa shape index (κ2) is 3.83. The third kappa shape index (κ3) is 2.02. The smallest absolute Gasteiger partial charge is 0.0441 e. The number of rotatable bonds is 2. The first-order valence-corrected chi connectivity index (χ1v) is 3.44. The first-order valence-electron chi connectivity index (χ1n) is 3.44. The molecule has 0 spiro atoms. The summed E-state index contributed by atoms with van der Waals surface area (Å²) in [5.74, 6) is 0. The molecule has 52 valence electrons. The van der Waals surface area contributed by atoms with Crippen molar-refractivity contribution in [2.45, 2.75) is 13.3 Å². The van der Waals surface area contributed by atoms with E-state index in [4.69, 9.17) is 0 Å². The minimum Gasteiger partial charge on any atom is -0.261 e. The Hall–Kier alpha value is -1.11. The van der Waals surface area contributed by atoms with Gasteiger partial charge in [-0.2, -0.15) is 0 Å². The van der Waals surface area contributed by atoms with Crippen LogP contribution in [0.3, 0.4) is 0 Å². The van der Waals surface area contributed by atoms with Crippen LogP contribution in [0.2, 0.25) is 0 Å². The third-order valence-electron chi connectivity index (χ3n) is 1.29. The molecule has 0 saturated heterocycles. The minimum atomic E-state index is 0.942. The van der Waals surface area contributed by atoms with Crippen LogP contribution < -0.4 is 0 Å². The van der Waals surface area contributed by atoms with Crippen molar-refractivity contribution in [2.75, 3.05) is 0 Å². The predicted octanol–water partition coefficient (Wildman–Crippen LogP) is 2.20. The largest absolute Gasteiger partial charge is 0.261 e. The number of pyridine rings is 1. The summed E-state index contributed by atoms with van der Waals surface area (Å²) in [6, 6.07) is 5.96. The van der Waals surface area contributed by atoms with Gasteiger partial charge in [0.2, 0.25) is 0 Å². The maximum Gasteiger partial charge on any atom is 0.0441 e. The van der Waals surface area contributed by atoms with Crippen molar-refractivity contribution in [1.29, 1.82) is 0 Å². The van der Waals surface area contributed by atoms with Gasteiger partial charge in [-0.1, -0.05) is 18.2 Å². The number of hydrogen-bond donors (Lipinski definition) is 0. The monoisotopic (exact) mass is 133 g/mol. The molecular weight excluding hydrogens is 122 g/mol. The van der Waals surface area contributed by atoms with Gasteiger partial charge in [0, 0.05) is 18.3 Å². The van der Waals surface area contributed by atoms with Gasteiger partial charge in [-0.25, -0.2) is 0 Å². The molecule has 10 heavy (non-hydrogen) atoms. The lowest BCUT2D eigenvalue weighted by atomic mass is 10.2. The zero-order valence-corrected chi connectivity index (χ0v) is 6.12. The zero-order valence-electron chi connectivity index (χ0n) is 6.12. The summed E-state index contributed by atoms with van der Waals surface area (Å²) in [5, 5.41) is 0. The summed E-state index contributed by atoms with van der Waals surface area (Å²) in [5.41, 5.74) is 1.13. The predicted molar refractivity (Wildman–Crippen MR) is 42.8 cm³/mol. The van der Waals surface area contributed by atoms with Gasteiger partial charge in [0.25, 0.3) is 0 Å². The maximum atomic E-state index is 4.16. The van der Waals surface area contributed by atoms with Crippen LogP contribution in [-0.2, 0) is 6.42 Å². The molecule has 1 heteroatoms. The molecule has 0 aliphatic carbocycles. The molecule has 0 aliphatic heterocycles. The van der Waals surface area contributed by atoms with Crippen LogP contribution in [-0.4, -0.2) is 4.98 Å². The van der Waals surface area contributed by atoms with Crippen molar-refractivity contribution < 1.29 is 0 Å². The number of hydrogen-bond acceptors (Lipinski definition) is 1. The van der Waals surface area contributed by atoms with Gasteiger partial charge >= 0.3 is 0 Å². The highest BCUT2D eigenvalue weighted by molar-refractivity contribution is 5.07. The fraction of sp³-hybridized carbons (Fsp3) is 0.222. The molecule has 0 N–H and O–H groups in total. The molecule has 0 fully saturated rings. The quantitative estimate of drug-likeness (QED) is 0.563. The minimum absolute atomic E-state index is 0.942. The normalized spacial score (nSPS) is 10.5. The van der Waals surface area contributed by atoms with Crippen LogP contribution in [0.25, 0.3) is 0 Å². The Bertz CT molecular complexity index is 201. The van der Waals surface area contributed by atoms with E-state index in [1.165, 1.54) is 0 Å². The van der Waals surface area contributed by atoms with Crippen molar-refractivity contribution in [3.8, 4) is 0 Å². The van der Waals surface area contributed by atoms with Crippen molar-refractivity contribution in [3.05, 3.63) is 42.2 Å². The van der Waals surface area contributed by atoms with Gasteiger partial charge in [0.15, 0.2) is 0 Å². The van der Waals surface area contributed by atoms with E-state index in [-0.39, 0.29) is 0 Å². The summed E-state index contributed by atoms with van der Waals surface area (Å²) in [4.78, 5) is 4.16. The van der Waals surface area contributed by atoms with Crippen molar-refractivity contribution >= 4 is 0 Å². The van der Waals surface area contributed by atoms with Gasteiger partial charge in [0.05, 0.1) is 0 Å². The molecule has 1 rings (SSSR count). The Balaban J connectivity index is 2.59. The highest BCUT2D eigenvalue weighted by atomic mass is 14.7. The fourth-order valence-corrected chi connectivity index (χ4v) is 0.757. The Kier molecular flexibility index (Phi) is 2.68. The lowest BCUT2D eigenvalue weighted by molar-refractivity contribution is 1.11. The van der Waals surface area contributed by atoms with E-state index in [2.05, 4.69) is 11.1 Å². The average Bonchev–Trinajstić information content (AvgIpc) is 2.03. The topological polar surface area (TPSA) is 12.9 Å². The van der Waals surface area contributed by atoms with Crippen LogP contribution in [0.1, 0.15) is 12.6 Å². The number of aromatic nitrogens is 1. The van der Waals surface area contributed by atoms with Gasteiger partial charge in [0.1, 0.15) is 0 Å². The van der Waals surface area contributed by atoms with Crippen LogP contribution >= 0.6 is 0 Å². The summed E-state index contributed by atoms with van der Waals surface area (Å²) in [6.45, 7) is 2.02. The molecule has 0 saturated carbocycles. The van der Waals surface area contributed by atoms with E-state index in [0.717, 1.165) is 12.1 Å². The summed E-state index contributed by atoms with van der Waals surface area (Å²) in [7, 11) is 0. The third-order valence-corrected chi connectivity index (χ3v) is 1.29. The second-order valence-electron chi connectivity index (χ2n) is 2.09. The van der Waals surface area contributed by atoms with E-state index in [1.54, 1.807) is 0 Å². The molecule has 1 aromatic heterocycles. The molecule has 0 radical (unpaired) electrons. The molecule has 1 aromatic rings. The highest BCUT2D eigenvalue weighted by Crippen LogP contribution is 1.94. The number of allylic oxidation sites excluding steroid dienone is 2. The lowest BCUT2D eigenvalue weighted by Crippen LogP contribution is -1.83. The van der Waals surface area contributed by atoms with Crippen LogP contribution in [0.15, 0.2) is 36.5 Å². The molecule has 0 aliphatic rings. The van der Waals surface area contributed by atoms with Gasteiger partial charge < -0.3 is 0 Å². The number of nitrogens with zero attached hydrogens (tertiary/aromatic N) is 1. The molecule has 0 aromatic carbocycles. The van der Waals surface area contributed by atoms with E-state index < -0.39 is 0 Å². The van der Waals surface area contributed by atoms with E-state index in [1.807, 2.05) is 37.4 Å². The van der Waals surface area contributed by atoms with E-state index in [9.17, 15) is 0 Å². The van der Waals surface area contributed by atoms with Gasteiger partial charge in [-0.3, -0.25) is 4.98 Å². The first kappa shape index (κ1) is 7.00. The zero-order chi connectivity index (χ0) is 7.23. The lowest BCUT2D eigenvalue weighted by Gasteiger charge is -1.91. The van der Waals surface area contributed by atoms with Gasteiger partial charge in [-0.05, 0) is 19.1 Å². The maximum absolute atomic E-state index is 4.16. The van der Waals surface area contributed by atoms with Crippen LogP contribution in [0, 0.1) is 0 Å². The van der Waals surface area contributed by atoms with E-state index in [0.29, 0.717) is 0 Å². The first-order chi connectivity index (χ1) is 4.93. The standard InChI is InChI=1S/C9H11N/c1-2-3-6-9-7-4-5-8-10-9/h2-5,7-8H,6H2,1H3/b3-2+. The van der Waals surface area contributed by atoms with Crippen molar-refractivity contribution in [3.63, 3.8) is 0 Å². The van der Waals surface area contributed by atoms with Crippen molar-refractivity contribution in [2.24, 2.45) is 0 Å². The Labute approximate surface area is 61.4 Å². The van der Waals surface area contributed by atoms with Gasteiger partial charge in [-0.15, -0.1) is 0 Å². The molecule has 0 bridgehead atoms. The molecule has 1 heterocycles. The SMILES string of the molecule is C/C=C/Cc1ccccn1. The fourth-order valence-electron chi connectivity index (χ4n) is 0.757. The Morgan fingerprint density at radius 3 is 3.00 bits per heavy atom. The van der Waals surface area contributed by atoms with Crippen molar-refractivity contribution in [1.82, 2.24) is 4.98 Å². The summed E-state index contributed by atoms with van der Waals surface area (Å²) in [6.07, 6.45) is 6.90. The average molecular weight is 133 g/mol. The molecule has 0 unspecified atom stereocenters. The molecule has 0 atom stereocenters. The van der Waals surface area contributed by atoms with E-state index >= 15 is 0 Å². The second-order valence-corrected chi connectivity index (χ2v) is 2.09. The van der Waals surface area contributed by atoms with Crippen LogP contribution in [0.4, 0.5) is 0 Å². The summed E-state index contributed by atoms with van der Waals surface area (Å²) >= 11 is 0. The molecular formula is C9H11N. The van der Waals surface area contributed by atoms with Crippen LogP contribution in [0.5, 0.6) is 0 Å². The highest BCUT2D eigenvalue weighted by Gasteiger charge is 1.84. The summed E-state index contributed by atoms with van der Waals surface area (Å²) < 4.78 is 0. The molecule has 1 nitrogen and oxygen atoms in total. The Morgan fingerprint density at radius 1 is 1.50 bits per heavy atom. The Morgan fingerprint density at radius 2 is 2.40 bits per heavy atom. The molecule has 0 amide bonds.